The molecule has 1 aromatic rings. The number of carbonyl (C=O) groups excluding carboxylic acids is 1. The average Bonchev–Trinajstić information content (AvgIpc) is 2.70. The summed E-state index contributed by atoms with van der Waals surface area (Å²) in [6.07, 6.45) is 2.15. The second-order valence-electron chi connectivity index (χ2n) is 5.15. The number of nitrogens with one attached hydrogen (secondary N) is 1. The molecule has 0 saturated carbocycles. The molecular weight excluding hydrogens is 248 g/mol. The van der Waals surface area contributed by atoms with Crippen molar-refractivity contribution in [1.82, 2.24) is 10.2 Å². The molecule has 2 saturated heterocycles. The Morgan fingerprint density at radius 1 is 1.33 bits per heavy atom. The van der Waals surface area contributed by atoms with E-state index in [2.05, 4.69) is 5.32 Å². The molecule has 2 unspecified atom stereocenters. The van der Waals surface area contributed by atoms with Crippen molar-refractivity contribution in [3.05, 3.63) is 34.9 Å². The fraction of sp³-hybridized carbons (Fsp3) is 0.500. The van der Waals surface area contributed by atoms with Gasteiger partial charge < -0.3 is 10.2 Å². The molecule has 4 heteroatoms. The van der Waals surface area contributed by atoms with Gasteiger partial charge in [-0.25, -0.2) is 0 Å². The number of benzene rings is 1. The van der Waals surface area contributed by atoms with Crippen molar-refractivity contribution in [2.75, 3.05) is 13.1 Å². The van der Waals surface area contributed by atoms with Gasteiger partial charge in [-0.05, 0) is 37.1 Å². The molecule has 0 radical (unpaired) electrons. The quantitative estimate of drug-likeness (QED) is 0.887. The van der Waals surface area contributed by atoms with Gasteiger partial charge in [0.1, 0.15) is 0 Å². The topological polar surface area (TPSA) is 32.3 Å². The molecule has 0 bridgehead atoms. The number of rotatable bonds is 2. The van der Waals surface area contributed by atoms with Crippen LogP contribution in [0.4, 0.5) is 0 Å². The third-order valence-corrected chi connectivity index (χ3v) is 4.17. The molecular formula is C14H17ClN2O. The standard InChI is InChI=1S/C14H17ClN2O/c15-11-5-3-10(4-6-11)8-17-9-13-12(14(17)18)2-1-7-16-13/h3-6,12-13,16H,1-2,7-9H2. The molecule has 2 heterocycles. The Morgan fingerprint density at radius 3 is 2.83 bits per heavy atom. The largest absolute Gasteiger partial charge is 0.336 e. The molecule has 0 spiro atoms. The summed E-state index contributed by atoms with van der Waals surface area (Å²) in [4.78, 5) is 14.2. The summed E-state index contributed by atoms with van der Waals surface area (Å²) in [7, 11) is 0. The minimum Gasteiger partial charge on any atom is -0.336 e. The normalized spacial score (nSPS) is 27.4. The summed E-state index contributed by atoms with van der Waals surface area (Å²) in [5, 5.41) is 4.19. The van der Waals surface area contributed by atoms with Crippen LogP contribution >= 0.6 is 11.6 Å². The average molecular weight is 265 g/mol. The van der Waals surface area contributed by atoms with Crippen molar-refractivity contribution < 1.29 is 4.79 Å². The zero-order chi connectivity index (χ0) is 12.5. The van der Waals surface area contributed by atoms with Gasteiger partial charge in [-0.15, -0.1) is 0 Å². The highest BCUT2D eigenvalue weighted by atomic mass is 35.5. The van der Waals surface area contributed by atoms with Gasteiger partial charge in [0, 0.05) is 24.2 Å². The van der Waals surface area contributed by atoms with Crippen LogP contribution in [0.1, 0.15) is 18.4 Å². The first-order chi connectivity index (χ1) is 8.74. The number of hydrogen-bond donors (Lipinski definition) is 1. The molecule has 1 amide bonds. The van der Waals surface area contributed by atoms with E-state index >= 15 is 0 Å². The maximum atomic E-state index is 12.3. The molecule has 3 nitrogen and oxygen atoms in total. The van der Waals surface area contributed by atoms with Crippen LogP contribution in [0.25, 0.3) is 0 Å². The molecule has 2 atom stereocenters. The fourth-order valence-corrected chi connectivity index (χ4v) is 3.08. The molecule has 0 aliphatic carbocycles. The number of halogens is 1. The van der Waals surface area contributed by atoms with E-state index in [-0.39, 0.29) is 5.92 Å². The number of carbonyl (C=O) groups is 1. The summed E-state index contributed by atoms with van der Waals surface area (Å²) >= 11 is 5.87. The van der Waals surface area contributed by atoms with E-state index < -0.39 is 0 Å². The van der Waals surface area contributed by atoms with Gasteiger partial charge >= 0.3 is 0 Å². The zero-order valence-electron chi connectivity index (χ0n) is 10.2. The Balaban J connectivity index is 1.70. The maximum absolute atomic E-state index is 12.3. The number of piperidine rings is 1. The number of nitrogens with zero attached hydrogens (tertiary/aromatic N) is 1. The second kappa shape index (κ2) is 4.90. The van der Waals surface area contributed by atoms with E-state index in [4.69, 9.17) is 11.6 Å². The maximum Gasteiger partial charge on any atom is 0.227 e. The zero-order valence-corrected chi connectivity index (χ0v) is 11.0. The Bertz CT molecular complexity index is 446. The van der Waals surface area contributed by atoms with Crippen molar-refractivity contribution in [2.45, 2.75) is 25.4 Å². The third kappa shape index (κ3) is 2.25. The van der Waals surface area contributed by atoms with Gasteiger partial charge in [0.15, 0.2) is 0 Å². The summed E-state index contributed by atoms with van der Waals surface area (Å²) in [6, 6.07) is 8.10. The highest BCUT2D eigenvalue weighted by Crippen LogP contribution is 2.27. The third-order valence-electron chi connectivity index (χ3n) is 3.92. The van der Waals surface area contributed by atoms with Gasteiger partial charge in [-0.3, -0.25) is 4.79 Å². The van der Waals surface area contributed by atoms with E-state index in [0.717, 1.165) is 36.5 Å². The lowest BCUT2D eigenvalue weighted by molar-refractivity contribution is -0.131. The van der Waals surface area contributed by atoms with E-state index in [1.807, 2.05) is 29.2 Å². The Labute approximate surface area is 112 Å². The summed E-state index contributed by atoms with van der Waals surface area (Å²) < 4.78 is 0. The summed E-state index contributed by atoms with van der Waals surface area (Å²) in [5.41, 5.74) is 1.14. The lowest BCUT2D eigenvalue weighted by Gasteiger charge is -2.23. The van der Waals surface area contributed by atoms with Crippen LogP contribution < -0.4 is 5.32 Å². The monoisotopic (exact) mass is 264 g/mol. The van der Waals surface area contributed by atoms with Gasteiger partial charge in [0.2, 0.25) is 5.91 Å². The first-order valence-corrected chi connectivity index (χ1v) is 6.88. The second-order valence-corrected chi connectivity index (χ2v) is 5.59. The molecule has 96 valence electrons. The fourth-order valence-electron chi connectivity index (χ4n) is 2.95. The van der Waals surface area contributed by atoms with E-state index in [1.54, 1.807) is 0 Å². The van der Waals surface area contributed by atoms with E-state index in [9.17, 15) is 4.79 Å². The van der Waals surface area contributed by atoms with Gasteiger partial charge in [0.25, 0.3) is 0 Å². The van der Waals surface area contributed by atoms with Crippen LogP contribution in [0, 0.1) is 5.92 Å². The first-order valence-electron chi connectivity index (χ1n) is 6.50. The number of fused-ring (bicyclic) bond motifs is 1. The van der Waals surface area contributed by atoms with Gasteiger partial charge in [-0.2, -0.15) is 0 Å². The molecule has 2 aliphatic rings. The van der Waals surface area contributed by atoms with E-state index in [0.29, 0.717) is 18.5 Å². The van der Waals surface area contributed by atoms with Crippen LogP contribution in [0.2, 0.25) is 5.02 Å². The molecule has 1 N–H and O–H groups in total. The molecule has 3 rings (SSSR count). The number of hydrogen-bond acceptors (Lipinski definition) is 2. The molecule has 2 aliphatic heterocycles. The van der Waals surface area contributed by atoms with Crippen molar-refractivity contribution in [2.24, 2.45) is 5.92 Å². The molecule has 1 aromatic carbocycles. The summed E-state index contributed by atoms with van der Waals surface area (Å²) in [5.74, 6) is 0.508. The number of likely N-dealkylation sites (tertiary alicyclic amines) is 1. The first kappa shape index (κ1) is 12.0. The SMILES string of the molecule is O=C1C2CCCNC2CN1Cc1ccc(Cl)cc1. The van der Waals surface area contributed by atoms with Gasteiger partial charge in [-0.1, -0.05) is 23.7 Å². The van der Waals surface area contributed by atoms with Crippen LogP contribution in [0.15, 0.2) is 24.3 Å². The Hall–Kier alpha value is -1.06. The minimum absolute atomic E-state index is 0.200. The highest BCUT2D eigenvalue weighted by Gasteiger charge is 2.40. The van der Waals surface area contributed by atoms with E-state index in [1.165, 1.54) is 0 Å². The molecule has 18 heavy (non-hydrogen) atoms. The Kier molecular flexibility index (Phi) is 3.27. The highest BCUT2D eigenvalue weighted by molar-refractivity contribution is 6.30. The lowest BCUT2D eigenvalue weighted by atomic mass is 9.94. The predicted octanol–water partition coefficient (Wildman–Crippen LogP) is 2.05. The number of amides is 1. The van der Waals surface area contributed by atoms with Crippen molar-refractivity contribution in [3.8, 4) is 0 Å². The summed E-state index contributed by atoms with van der Waals surface area (Å²) in [6.45, 7) is 2.58. The molecule has 2 fully saturated rings. The lowest BCUT2D eigenvalue weighted by Crippen LogP contribution is -2.41. The van der Waals surface area contributed by atoms with Crippen LogP contribution in [0.5, 0.6) is 0 Å². The van der Waals surface area contributed by atoms with Crippen LogP contribution in [0.3, 0.4) is 0 Å². The van der Waals surface area contributed by atoms with Crippen LogP contribution in [-0.2, 0) is 11.3 Å². The van der Waals surface area contributed by atoms with Crippen LogP contribution in [-0.4, -0.2) is 29.9 Å². The minimum atomic E-state index is 0.200. The Morgan fingerprint density at radius 2 is 2.11 bits per heavy atom. The molecule has 0 aromatic heterocycles. The van der Waals surface area contributed by atoms with Crippen molar-refractivity contribution in [3.63, 3.8) is 0 Å². The van der Waals surface area contributed by atoms with Gasteiger partial charge in [0.05, 0.1) is 5.92 Å². The predicted molar refractivity (Wildman–Crippen MR) is 71.4 cm³/mol. The van der Waals surface area contributed by atoms with Crippen molar-refractivity contribution in [1.29, 1.82) is 0 Å². The van der Waals surface area contributed by atoms with Crippen molar-refractivity contribution >= 4 is 17.5 Å². The smallest absolute Gasteiger partial charge is 0.227 e.